The zero-order valence-electron chi connectivity index (χ0n) is 10.8. The maximum Gasteiger partial charge on any atom is 0.320 e. The molecule has 1 saturated carbocycles. The van der Waals surface area contributed by atoms with Gasteiger partial charge in [-0.1, -0.05) is 0 Å². The standard InChI is InChI=1S/C12H20N2O5/c15-5-3-14(9-1-2-9)12(18)13-4-6-19-10(8-13)7-11(16)17/h9-10,15H,1-8H2,(H,16,17). The van der Waals surface area contributed by atoms with Crippen molar-refractivity contribution in [3.05, 3.63) is 0 Å². The highest BCUT2D eigenvalue weighted by molar-refractivity contribution is 5.75. The molecule has 1 aliphatic heterocycles. The van der Waals surface area contributed by atoms with Crippen molar-refractivity contribution in [2.45, 2.75) is 31.4 Å². The first-order valence-corrected chi connectivity index (χ1v) is 6.61. The van der Waals surface area contributed by atoms with E-state index in [2.05, 4.69) is 0 Å². The molecule has 2 fully saturated rings. The lowest BCUT2D eigenvalue weighted by Gasteiger charge is -2.36. The fourth-order valence-corrected chi connectivity index (χ4v) is 2.32. The third-order valence-electron chi connectivity index (χ3n) is 3.39. The van der Waals surface area contributed by atoms with Crippen molar-refractivity contribution in [1.82, 2.24) is 9.80 Å². The number of rotatable bonds is 5. The molecular formula is C12H20N2O5. The lowest BCUT2D eigenvalue weighted by atomic mass is 10.2. The van der Waals surface area contributed by atoms with Crippen LogP contribution in [0.1, 0.15) is 19.3 Å². The molecule has 7 nitrogen and oxygen atoms in total. The number of carbonyl (C=O) groups excluding carboxylic acids is 1. The molecule has 2 amide bonds. The van der Waals surface area contributed by atoms with Gasteiger partial charge >= 0.3 is 12.0 Å². The average Bonchev–Trinajstić information content (AvgIpc) is 3.19. The Morgan fingerprint density at radius 3 is 2.68 bits per heavy atom. The summed E-state index contributed by atoms with van der Waals surface area (Å²) in [5.74, 6) is -0.922. The monoisotopic (exact) mass is 272 g/mol. The van der Waals surface area contributed by atoms with Crippen molar-refractivity contribution in [3.8, 4) is 0 Å². The highest BCUT2D eigenvalue weighted by atomic mass is 16.5. The molecule has 1 unspecified atom stereocenters. The number of carboxylic acids is 1. The fourth-order valence-electron chi connectivity index (χ4n) is 2.32. The second kappa shape index (κ2) is 6.21. The molecule has 108 valence electrons. The summed E-state index contributed by atoms with van der Waals surface area (Å²) in [7, 11) is 0. The number of carboxylic acid groups (broad SMARTS) is 1. The molecule has 1 heterocycles. The number of nitrogens with zero attached hydrogens (tertiary/aromatic N) is 2. The first-order chi connectivity index (χ1) is 9.11. The number of carbonyl (C=O) groups is 2. The third-order valence-corrected chi connectivity index (χ3v) is 3.39. The number of hydrogen-bond acceptors (Lipinski definition) is 4. The summed E-state index contributed by atoms with van der Waals surface area (Å²) in [5, 5.41) is 17.8. The van der Waals surface area contributed by atoms with E-state index in [0.29, 0.717) is 26.2 Å². The van der Waals surface area contributed by atoms with Gasteiger partial charge in [-0.3, -0.25) is 4.79 Å². The van der Waals surface area contributed by atoms with Gasteiger partial charge in [-0.25, -0.2) is 4.79 Å². The number of hydrogen-bond donors (Lipinski definition) is 2. The van der Waals surface area contributed by atoms with Gasteiger partial charge in [-0.15, -0.1) is 0 Å². The van der Waals surface area contributed by atoms with E-state index in [1.807, 2.05) is 0 Å². The van der Waals surface area contributed by atoms with Crippen LogP contribution in [0.15, 0.2) is 0 Å². The Morgan fingerprint density at radius 2 is 2.11 bits per heavy atom. The molecule has 0 aromatic heterocycles. The largest absolute Gasteiger partial charge is 0.481 e. The Bertz CT molecular complexity index is 345. The van der Waals surface area contributed by atoms with Crippen molar-refractivity contribution in [3.63, 3.8) is 0 Å². The number of amides is 2. The van der Waals surface area contributed by atoms with Crippen molar-refractivity contribution in [2.75, 3.05) is 32.8 Å². The van der Waals surface area contributed by atoms with Crippen LogP contribution >= 0.6 is 0 Å². The maximum atomic E-state index is 12.3. The predicted octanol–water partition coefficient (Wildman–Crippen LogP) is -0.261. The third kappa shape index (κ3) is 3.81. The van der Waals surface area contributed by atoms with Gasteiger partial charge in [0.2, 0.25) is 0 Å². The fraction of sp³-hybridized carbons (Fsp3) is 0.833. The van der Waals surface area contributed by atoms with E-state index in [4.69, 9.17) is 14.9 Å². The molecule has 7 heteroatoms. The van der Waals surface area contributed by atoms with Crippen molar-refractivity contribution in [1.29, 1.82) is 0 Å². The molecule has 1 saturated heterocycles. The molecule has 2 aliphatic rings. The zero-order valence-corrected chi connectivity index (χ0v) is 10.8. The molecule has 0 aromatic rings. The van der Waals surface area contributed by atoms with E-state index in [9.17, 15) is 9.59 Å². The molecular weight excluding hydrogens is 252 g/mol. The van der Waals surface area contributed by atoms with Crippen LogP contribution in [0.2, 0.25) is 0 Å². The molecule has 0 spiro atoms. The zero-order chi connectivity index (χ0) is 13.8. The normalized spacial score (nSPS) is 23.2. The number of aliphatic hydroxyl groups is 1. The van der Waals surface area contributed by atoms with Gasteiger partial charge in [0.05, 0.1) is 25.7 Å². The minimum atomic E-state index is -0.922. The number of aliphatic carboxylic acids is 1. The van der Waals surface area contributed by atoms with Crippen molar-refractivity contribution >= 4 is 12.0 Å². The average molecular weight is 272 g/mol. The summed E-state index contributed by atoms with van der Waals surface area (Å²) in [5.41, 5.74) is 0. The lowest BCUT2D eigenvalue weighted by molar-refractivity contribution is -0.141. The first-order valence-electron chi connectivity index (χ1n) is 6.61. The van der Waals surface area contributed by atoms with Gasteiger partial charge in [0.15, 0.2) is 0 Å². The maximum absolute atomic E-state index is 12.3. The number of morpholine rings is 1. The minimum Gasteiger partial charge on any atom is -0.481 e. The van der Waals surface area contributed by atoms with E-state index in [1.54, 1.807) is 9.80 Å². The molecule has 1 aliphatic carbocycles. The minimum absolute atomic E-state index is 0.0505. The lowest BCUT2D eigenvalue weighted by Crippen LogP contribution is -2.52. The highest BCUT2D eigenvalue weighted by Gasteiger charge is 2.36. The number of urea groups is 1. The summed E-state index contributed by atoms with van der Waals surface area (Å²) < 4.78 is 5.34. The Labute approximate surface area is 111 Å². The van der Waals surface area contributed by atoms with Gasteiger partial charge < -0.3 is 24.7 Å². The van der Waals surface area contributed by atoms with Gasteiger partial charge in [-0.2, -0.15) is 0 Å². The van der Waals surface area contributed by atoms with Crippen LogP contribution in [0.3, 0.4) is 0 Å². The van der Waals surface area contributed by atoms with E-state index in [-0.39, 0.29) is 25.1 Å². The van der Waals surface area contributed by atoms with E-state index < -0.39 is 12.1 Å². The SMILES string of the molecule is O=C(O)CC1CN(C(=O)N(CCO)C2CC2)CCO1. The van der Waals surface area contributed by atoms with Crippen LogP contribution in [-0.4, -0.2) is 77.0 Å². The van der Waals surface area contributed by atoms with Gasteiger partial charge in [0.1, 0.15) is 0 Å². The molecule has 0 bridgehead atoms. The van der Waals surface area contributed by atoms with Crippen LogP contribution in [0.4, 0.5) is 4.79 Å². The van der Waals surface area contributed by atoms with Gasteiger partial charge in [-0.05, 0) is 12.8 Å². The topological polar surface area (TPSA) is 90.3 Å². The molecule has 2 rings (SSSR count). The van der Waals surface area contributed by atoms with Crippen molar-refractivity contribution < 1.29 is 24.5 Å². The summed E-state index contributed by atoms with van der Waals surface area (Å²) in [6.07, 6.45) is 1.43. The smallest absolute Gasteiger partial charge is 0.320 e. The Balaban J connectivity index is 1.91. The highest BCUT2D eigenvalue weighted by Crippen LogP contribution is 2.28. The summed E-state index contributed by atoms with van der Waals surface area (Å²) in [6, 6.07) is 0.121. The molecule has 0 aromatic carbocycles. The van der Waals surface area contributed by atoms with E-state index >= 15 is 0 Å². The molecule has 0 radical (unpaired) electrons. The van der Waals surface area contributed by atoms with Gasteiger partial charge in [0, 0.05) is 25.7 Å². The Kier molecular flexibility index (Phi) is 4.60. The molecule has 1 atom stereocenters. The van der Waals surface area contributed by atoms with Crippen LogP contribution in [-0.2, 0) is 9.53 Å². The first kappa shape index (κ1) is 14.1. The quantitative estimate of drug-likeness (QED) is 0.719. The summed E-state index contributed by atoms with van der Waals surface area (Å²) >= 11 is 0. The second-order valence-corrected chi connectivity index (χ2v) is 4.97. The summed E-state index contributed by atoms with van der Waals surface area (Å²) in [4.78, 5) is 26.3. The Morgan fingerprint density at radius 1 is 1.37 bits per heavy atom. The summed E-state index contributed by atoms with van der Waals surface area (Å²) in [6.45, 7) is 1.43. The predicted molar refractivity (Wildman–Crippen MR) is 65.8 cm³/mol. The Hall–Kier alpha value is -1.34. The van der Waals surface area contributed by atoms with E-state index in [0.717, 1.165) is 12.8 Å². The number of ether oxygens (including phenoxy) is 1. The van der Waals surface area contributed by atoms with Gasteiger partial charge in [0.25, 0.3) is 0 Å². The van der Waals surface area contributed by atoms with Crippen LogP contribution in [0.5, 0.6) is 0 Å². The molecule has 2 N–H and O–H groups in total. The van der Waals surface area contributed by atoms with Crippen LogP contribution in [0, 0.1) is 0 Å². The molecule has 19 heavy (non-hydrogen) atoms. The number of aliphatic hydroxyl groups excluding tert-OH is 1. The van der Waals surface area contributed by atoms with Crippen molar-refractivity contribution in [2.24, 2.45) is 0 Å². The van der Waals surface area contributed by atoms with Crippen LogP contribution < -0.4 is 0 Å². The van der Waals surface area contributed by atoms with Crippen LogP contribution in [0.25, 0.3) is 0 Å². The second-order valence-electron chi connectivity index (χ2n) is 4.97. The van der Waals surface area contributed by atoms with E-state index in [1.165, 1.54) is 0 Å².